The molecule has 1 amide bonds. The molecular formula is C34H32N4O6. The van der Waals surface area contributed by atoms with Crippen molar-refractivity contribution in [2.75, 3.05) is 19.9 Å². The van der Waals surface area contributed by atoms with Crippen molar-refractivity contribution in [2.24, 2.45) is 5.73 Å². The van der Waals surface area contributed by atoms with Gasteiger partial charge in [-0.1, -0.05) is 42.5 Å². The van der Waals surface area contributed by atoms with Crippen LogP contribution in [0.1, 0.15) is 27.8 Å². The first-order valence-corrected chi connectivity index (χ1v) is 14.3. The molecule has 10 nitrogen and oxygen atoms in total. The second-order valence-electron chi connectivity index (χ2n) is 10.9. The Hall–Kier alpha value is -5.06. The zero-order chi connectivity index (χ0) is 31.0. The van der Waals surface area contributed by atoms with Crippen LogP contribution in [0.25, 0.3) is 44.2 Å². The van der Waals surface area contributed by atoms with Crippen molar-refractivity contribution in [1.82, 2.24) is 14.9 Å². The first-order chi connectivity index (χ1) is 21.2. The van der Waals surface area contributed by atoms with Crippen molar-refractivity contribution in [1.29, 1.82) is 0 Å². The lowest BCUT2D eigenvalue weighted by Crippen LogP contribution is -2.32. The fourth-order valence-corrected chi connectivity index (χ4v) is 5.86. The number of amides is 1. The van der Waals surface area contributed by atoms with Crippen molar-refractivity contribution < 1.29 is 24.2 Å². The van der Waals surface area contributed by atoms with Gasteiger partial charge in [-0.25, -0.2) is 9.78 Å². The summed E-state index contributed by atoms with van der Waals surface area (Å²) < 4.78 is 11.9. The Morgan fingerprint density at radius 2 is 1.80 bits per heavy atom. The summed E-state index contributed by atoms with van der Waals surface area (Å²) in [5.74, 6) is -0.248. The molecule has 0 unspecified atom stereocenters. The van der Waals surface area contributed by atoms with Gasteiger partial charge in [-0.05, 0) is 77.1 Å². The zero-order valence-electron chi connectivity index (χ0n) is 24.5. The van der Waals surface area contributed by atoms with Gasteiger partial charge in [0.2, 0.25) is 5.91 Å². The standard InChI is InChI=1S/C34H32N4O6/c1-19-13-29-32-26(16-38(29)33(40)27(19)17-44-34(41)42)20(2)31-25-14-24(8-7-23(25)9-10-28(31)37-32)22-5-3-21(4-6-22)11-12-43-18-36-30(39)15-35/h3-10,13-14H,11-12,15-18,35H2,1-2H3,(H,36,39)(H,41,42). The van der Waals surface area contributed by atoms with E-state index in [1.165, 1.54) is 0 Å². The van der Waals surface area contributed by atoms with Crippen LogP contribution in [0.5, 0.6) is 0 Å². The Bertz CT molecular complexity index is 2000. The Labute approximate surface area is 253 Å². The number of carbonyl (C=O) groups excluding carboxylic acids is 1. The van der Waals surface area contributed by atoms with Crippen LogP contribution in [0, 0.1) is 13.8 Å². The summed E-state index contributed by atoms with van der Waals surface area (Å²) in [7, 11) is 0. The summed E-state index contributed by atoms with van der Waals surface area (Å²) in [5, 5.41) is 14.7. The SMILES string of the molecule is Cc1cc2n(c(=O)c1COC(=O)O)Cc1c-2nc2ccc3ccc(-c4ccc(CCOCNC(=O)CN)cc4)cc3c2c1C. The van der Waals surface area contributed by atoms with Crippen molar-refractivity contribution in [3.63, 3.8) is 0 Å². The number of aryl methyl sites for hydroxylation is 2. The number of fused-ring (bicyclic) bond motifs is 6. The number of carbonyl (C=O) groups is 2. The lowest BCUT2D eigenvalue weighted by molar-refractivity contribution is -0.121. The molecule has 6 rings (SSSR count). The van der Waals surface area contributed by atoms with E-state index in [-0.39, 0.29) is 31.3 Å². The van der Waals surface area contributed by atoms with Gasteiger partial charge in [-0.3, -0.25) is 9.59 Å². The number of hydrogen-bond acceptors (Lipinski definition) is 7. The van der Waals surface area contributed by atoms with Crippen LogP contribution in [0.2, 0.25) is 0 Å². The van der Waals surface area contributed by atoms with E-state index in [0.29, 0.717) is 24.3 Å². The fourth-order valence-electron chi connectivity index (χ4n) is 5.86. The van der Waals surface area contributed by atoms with Gasteiger partial charge in [0, 0.05) is 10.9 Å². The minimum absolute atomic E-state index is 0.0580. The molecule has 0 saturated carbocycles. The van der Waals surface area contributed by atoms with Crippen LogP contribution in [-0.4, -0.2) is 46.6 Å². The Balaban J connectivity index is 1.30. The zero-order valence-corrected chi connectivity index (χ0v) is 24.5. The molecule has 10 heteroatoms. The lowest BCUT2D eigenvalue weighted by Gasteiger charge is -2.13. The van der Waals surface area contributed by atoms with E-state index in [0.717, 1.165) is 67.3 Å². The largest absolute Gasteiger partial charge is 0.506 e. The molecule has 0 radical (unpaired) electrons. The molecule has 224 valence electrons. The molecule has 0 saturated heterocycles. The summed E-state index contributed by atoms with van der Waals surface area (Å²) in [5.41, 5.74) is 13.7. The van der Waals surface area contributed by atoms with Gasteiger partial charge in [-0.15, -0.1) is 0 Å². The third-order valence-corrected chi connectivity index (χ3v) is 8.25. The number of benzene rings is 3. The van der Waals surface area contributed by atoms with E-state index in [1.807, 2.05) is 12.1 Å². The molecule has 1 aliphatic rings. The number of nitrogens with two attached hydrogens (primary N) is 1. The molecule has 0 spiro atoms. The van der Waals surface area contributed by atoms with Crippen LogP contribution in [0.15, 0.2) is 65.5 Å². The maximum Gasteiger partial charge on any atom is 0.506 e. The maximum atomic E-state index is 13.4. The normalized spacial score (nSPS) is 11.9. The summed E-state index contributed by atoms with van der Waals surface area (Å²) in [6, 6.07) is 20.7. The van der Waals surface area contributed by atoms with E-state index in [1.54, 1.807) is 11.5 Å². The van der Waals surface area contributed by atoms with E-state index in [4.69, 9.17) is 25.3 Å². The number of rotatable bonds is 9. The number of ether oxygens (including phenoxy) is 2. The second kappa shape index (κ2) is 11.9. The first-order valence-electron chi connectivity index (χ1n) is 14.3. The molecule has 3 heterocycles. The minimum atomic E-state index is -1.42. The molecule has 5 aromatic rings. The molecule has 0 fully saturated rings. The number of nitrogens with zero attached hydrogens (tertiary/aromatic N) is 2. The Morgan fingerprint density at radius 1 is 1.05 bits per heavy atom. The Kier molecular flexibility index (Phi) is 7.86. The number of hydrogen-bond donors (Lipinski definition) is 3. The quantitative estimate of drug-likeness (QED) is 0.0952. The van der Waals surface area contributed by atoms with Crippen LogP contribution in [0.3, 0.4) is 0 Å². The molecule has 0 bridgehead atoms. The van der Waals surface area contributed by atoms with Crippen LogP contribution < -0.4 is 16.6 Å². The number of nitrogens with one attached hydrogen (secondary N) is 1. The smallest absolute Gasteiger partial charge is 0.450 e. The van der Waals surface area contributed by atoms with Crippen LogP contribution in [-0.2, 0) is 33.8 Å². The third-order valence-electron chi connectivity index (χ3n) is 8.25. The van der Waals surface area contributed by atoms with E-state index >= 15 is 0 Å². The summed E-state index contributed by atoms with van der Waals surface area (Å²) in [4.78, 5) is 40.6. The summed E-state index contributed by atoms with van der Waals surface area (Å²) in [6.07, 6.45) is -0.698. The monoisotopic (exact) mass is 592 g/mol. The predicted octanol–water partition coefficient (Wildman–Crippen LogP) is 4.65. The highest BCUT2D eigenvalue weighted by Gasteiger charge is 2.27. The highest BCUT2D eigenvalue weighted by molar-refractivity contribution is 6.10. The fraction of sp³-hybridized carbons (Fsp3) is 0.235. The van der Waals surface area contributed by atoms with Crippen LogP contribution >= 0.6 is 0 Å². The van der Waals surface area contributed by atoms with E-state index in [9.17, 15) is 14.4 Å². The predicted molar refractivity (Wildman–Crippen MR) is 167 cm³/mol. The molecule has 0 aliphatic carbocycles. The number of carboxylic acid groups (broad SMARTS) is 1. The second-order valence-corrected chi connectivity index (χ2v) is 10.9. The van der Waals surface area contributed by atoms with Crippen LogP contribution in [0.4, 0.5) is 4.79 Å². The van der Waals surface area contributed by atoms with Crippen molar-refractivity contribution in [3.8, 4) is 22.5 Å². The van der Waals surface area contributed by atoms with Crippen molar-refractivity contribution in [2.45, 2.75) is 33.4 Å². The van der Waals surface area contributed by atoms with E-state index < -0.39 is 6.16 Å². The van der Waals surface area contributed by atoms with E-state index in [2.05, 4.69) is 60.8 Å². The molecule has 44 heavy (non-hydrogen) atoms. The summed E-state index contributed by atoms with van der Waals surface area (Å²) in [6.45, 7) is 4.50. The summed E-state index contributed by atoms with van der Waals surface area (Å²) >= 11 is 0. The molecule has 1 aliphatic heterocycles. The molecule has 0 atom stereocenters. The topological polar surface area (TPSA) is 146 Å². The van der Waals surface area contributed by atoms with Gasteiger partial charge >= 0.3 is 6.16 Å². The highest BCUT2D eigenvalue weighted by Crippen LogP contribution is 2.39. The van der Waals surface area contributed by atoms with Gasteiger partial charge in [0.05, 0.1) is 42.2 Å². The van der Waals surface area contributed by atoms with Gasteiger partial charge in [0.15, 0.2) is 0 Å². The van der Waals surface area contributed by atoms with Gasteiger partial charge in [0.1, 0.15) is 13.3 Å². The van der Waals surface area contributed by atoms with Gasteiger partial charge in [-0.2, -0.15) is 0 Å². The van der Waals surface area contributed by atoms with Gasteiger partial charge in [0.25, 0.3) is 5.56 Å². The van der Waals surface area contributed by atoms with Crippen molar-refractivity contribution in [3.05, 3.63) is 98.8 Å². The Morgan fingerprint density at radius 3 is 2.55 bits per heavy atom. The third kappa shape index (κ3) is 5.41. The molecule has 4 N–H and O–H groups in total. The molecule has 3 aromatic carbocycles. The highest BCUT2D eigenvalue weighted by atomic mass is 16.7. The minimum Gasteiger partial charge on any atom is -0.450 e. The number of aromatic nitrogens is 2. The van der Waals surface area contributed by atoms with Gasteiger partial charge < -0.3 is 30.2 Å². The average Bonchev–Trinajstić information content (AvgIpc) is 3.39. The maximum absolute atomic E-state index is 13.4. The molecular weight excluding hydrogens is 560 g/mol. The first kappa shape index (κ1) is 29.0. The molecule has 2 aromatic heterocycles. The van der Waals surface area contributed by atoms with Crippen molar-refractivity contribution >= 4 is 33.7 Å². The lowest BCUT2D eigenvalue weighted by atomic mass is 9.94. The number of pyridine rings is 2. The average molecular weight is 593 g/mol.